The number of hydrogen-bond donors (Lipinski definition) is 0. The fourth-order valence-electron chi connectivity index (χ4n) is 8.08. The molecular weight excluding hydrogens is 695 g/mol. The van der Waals surface area contributed by atoms with Crippen LogP contribution in [0.15, 0.2) is 0 Å². The Morgan fingerprint density at radius 3 is 0.429 bits per heavy atom. The molecule has 0 aromatic rings. The van der Waals surface area contributed by atoms with Crippen molar-refractivity contribution in [3.63, 3.8) is 0 Å². The van der Waals surface area contributed by atoms with Gasteiger partial charge in [-0.3, -0.25) is 0 Å². The van der Waals surface area contributed by atoms with E-state index in [0.29, 0.717) is 0 Å². The average Bonchev–Trinajstić information content (AvgIpc) is 3.11. The molecule has 1 heteroatoms. The Kier molecular flexibility index (Phi) is 47.6. The zero-order chi connectivity index (χ0) is 35.4. The molecule has 49 heavy (non-hydrogen) atoms. The van der Waals surface area contributed by atoms with Crippen molar-refractivity contribution >= 4 is 19.8 Å². The molecule has 0 aromatic heterocycles. The fourth-order valence-corrected chi connectivity index (χ4v) is 16.6. The minimum atomic E-state index is -1.14. The Morgan fingerprint density at radius 2 is 0.286 bits per heavy atom. The van der Waals surface area contributed by atoms with Gasteiger partial charge < -0.3 is 0 Å². The first kappa shape index (κ1) is 49.8. The third kappa shape index (κ3) is 44.9. The molecular formula is C48H99Sn+. The molecule has 0 nitrogen and oxygen atoms in total. The van der Waals surface area contributed by atoms with Crippen molar-refractivity contribution in [1.82, 2.24) is 0 Å². The molecule has 0 unspecified atom stereocenters. The van der Waals surface area contributed by atoms with E-state index in [-0.39, 0.29) is 0 Å². The van der Waals surface area contributed by atoms with Gasteiger partial charge in [-0.25, -0.2) is 0 Å². The van der Waals surface area contributed by atoms with Crippen molar-refractivity contribution in [1.29, 1.82) is 0 Å². The molecule has 0 amide bonds. The molecule has 294 valence electrons. The van der Waals surface area contributed by atoms with Crippen LogP contribution in [0.5, 0.6) is 0 Å². The van der Waals surface area contributed by atoms with E-state index in [9.17, 15) is 0 Å². The Bertz CT molecular complexity index is 467. The molecule has 0 heterocycles. The first-order valence-electron chi connectivity index (χ1n) is 24.2. The van der Waals surface area contributed by atoms with Crippen molar-refractivity contribution in [2.45, 2.75) is 304 Å². The predicted octanol–water partition coefficient (Wildman–Crippen LogP) is 18.9. The van der Waals surface area contributed by atoms with Gasteiger partial charge in [0.1, 0.15) is 0 Å². The van der Waals surface area contributed by atoms with Crippen LogP contribution < -0.4 is 0 Å². The monoisotopic (exact) mass is 796 g/mol. The second-order valence-corrected chi connectivity index (χ2v) is 25.4. The van der Waals surface area contributed by atoms with Crippen molar-refractivity contribution in [2.24, 2.45) is 0 Å². The molecule has 0 bridgehead atoms. The van der Waals surface area contributed by atoms with Gasteiger partial charge in [0.05, 0.1) is 0 Å². The van der Waals surface area contributed by atoms with Gasteiger partial charge in [0.25, 0.3) is 0 Å². The van der Waals surface area contributed by atoms with Crippen LogP contribution in [0.2, 0.25) is 13.3 Å². The van der Waals surface area contributed by atoms with Crippen LogP contribution in [-0.4, -0.2) is 19.8 Å². The number of hydrogen-bond acceptors (Lipinski definition) is 0. The molecule has 0 aliphatic carbocycles. The number of unbranched alkanes of at least 4 members (excludes halogenated alkanes) is 39. The molecule has 0 fully saturated rings. The SMILES string of the molecule is CCCCCCCCCCCCCCC[CH2][Sn+]([CH2]CCCCCCCCCCCCCCC)[CH2]CCCCCCCCCCCCCCC. The molecule has 0 saturated carbocycles. The van der Waals surface area contributed by atoms with E-state index in [0.717, 1.165) is 0 Å². The summed E-state index contributed by atoms with van der Waals surface area (Å²) in [5.74, 6) is 0. The van der Waals surface area contributed by atoms with Crippen LogP contribution in [0.25, 0.3) is 0 Å². The van der Waals surface area contributed by atoms with Crippen LogP contribution in [0.3, 0.4) is 0 Å². The second kappa shape index (κ2) is 46.8. The molecule has 0 radical (unpaired) electrons. The molecule has 0 spiro atoms. The maximum absolute atomic E-state index is 2.32. The molecule has 0 saturated heterocycles. The van der Waals surface area contributed by atoms with E-state index in [1.165, 1.54) is 231 Å². The van der Waals surface area contributed by atoms with Crippen LogP contribution in [0, 0.1) is 0 Å². The zero-order valence-corrected chi connectivity index (χ0v) is 38.2. The van der Waals surface area contributed by atoms with Crippen LogP contribution in [-0.2, 0) is 0 Å². The molecule has 0 aliphatic rings. The van der Waals surface area contributed by atoms with Gasteiger partial charge in [-0.05, 0) is 0 Å². The van der Waals surface area contributed by atoms with Crippen molar-refractivity contribution < 1.29 is 0 Å². The molecule has 0 aliphatic heterocycles. The topological polar surface area (TPSA) is 0 Å². The Hall–Kier alpha value is 0.799. The van der Waals surface area contributed by atoms with E-state index in [2.05, 4.69) is 20.8 Å². The minimum Gasteiger partial charge on any atom is -0.0654 e. The Balaban J connectivity index is 3.93. The summed E-state index contributed by atoms with van der Waals surface area (Å²) in [6.07, 6.45) is 63.0. The Labute approximate surface area is 321 Å². The van der Waals surface area contributed by atoms with Gasteiger partial charge in [0.15, 0.2) is 0 Å². The zero-order valence-electron chi connectivity index (χ0n) is 35.3. The van der Waals surface area contributed by atoms with Gasteiger partial charge in [0.2, 0.25) is 0 Å². The molecule has 0 N–H and O–H groups in total. The van der Waals surface area contributed by atoms with Crippen molar-refractivity contribution in [3.05, 3.63) is 0 Å². The third-order valence-electron chi connectivity index (χ3n) is 11.7. The summed E-state index contributed by atoms with van der Waals surface area (Å²) in [5.41, 5.74) is 0. The summed E-state index contributed by atoms with van der Waals surface area (Å²) in [6.45, 7) is 6.97. The van der Waals surface area contributed by atoms with E-state index < -0.39 is 19.8 Å². The first-order chi connectivity index (χ1) is 24.3. The van der Waals surface area contributed by atoms with Gasteiger partial charge in [0, 0.05) is 0 Å². The van der Waals surface area contributed by atoms with Gasteiger partial charge >= 0.3 is 245 Å². The normalized spacial score (nSPS) is 11.6. The molecule has 0 atom stereocenters. The summed E-state index contributed by atoms with van der Waals surface area (Å²) in [4.78, 5) is 0. The summed E-state index contributed by atoms with van der Waals surface area (Å²) >= 11 is -1.14. The second-order valence-electron chi connectivity index (χ2n) is 16.8. The molecule has 0 rings (SSSR count). The van der Waals surface area contributed by atoms with Crippen LogP contribution >= 0.6 is 0 Å². The van der Waals surface area contributed by atoms with E-state index in [1.807, 2.05) is 0 Å². The third-order valence-corrected chi connectivity index (χ3v) is 20.7. The van der Waals surface area contributed by atoms with Gasteiger partial charge in [-0.2, -0.15) is 0 Å². The summed E-state index contributed by atoms with van der Waals surface area (Å²) in [5, 5.41) is 0. The molecule has 0 aromatic carbocycles. The predicted molar refractivity (Wildman–Crippen MR) is 231 cm³/mol. The van der Waals surface area contributed by atoms with Crippen LogP contribution in [0.1, 0.15) is 290 Å². The summed E-state index contributed by atoms with van der Waals surface area (Å²) in [7, 11) is 0. The van der Waals surface area contributed by atoms with Crippen molar-refractivity contribution in [2.75, 3.05) is 0 Å². The van der Waals surface area contributed by atoms with E-state index in [4.69, 9.17) is 0 Å². The van der Waals surface area contributed by atoms with E-state index in [1.54, 1.807) is 51.8 Å². The standard InChI is InChI=1S/3C16H33.Sn/c3*1-3-5-7-9-11-13-15-16-14-12-10-8-6-4-2;/h3*1,3-16H2,2H3;/q;;;+1. The summed E-state index contributed by atoms with van der Waals surface area (Å²) in [6, 6.07) is 0. The first-order valence-corrected chi connectivity index (χ1v) is 30.2. The minimum absolute atomic E-state index is 1.14. The maximum atomic E-state index is 2.32. The van der Waals surface area contributed by atoms with Crippen molar-refractivity contribution in [3.8, 4) is 0 Å². The fraction of sp³-hybridized carbons (Fsp3) is 1.00. The number of rotatable bonds is 45. The van der Waals surface area contributed by atoms with Gasteiger partial charge in [-0.1, -0.05) is 78.6 Å². The van der Waals surface area contributed by atoms with Gasteiger partial charge in [-0.15, -0.1) is 0 Å². The smallest absolute Gasteiger partial charge is 0.0654 e. The van der Waals surface area contributed by atoms with E-state index >= 15 is 0 Å². The van der Waals surface area contributed by atoms with Crippen LogP contribution in [0.4, 0.5) is 0 Å². The quantitative estimate of drug-likeness (QED) is 0.0425. The Morgan fingerprint density at radius 1 is 0.163 bits per heavy atom. The summed E-state index contributed by atoms with van der Waals surface area (Å²) < 4.78 is 5.20. The average molecular weight is 795 g/mol.